The van der Waals surface area contributed by atoms with E-state index in [1.165, 1.54) is 18.7 Å². The van der Waals surface area contributed by atoms with Crippen LogP contribution in [0.5, 0.6) is 0 Å². The fourth-order valence-electron chi connectivity index (χ4n) is 2.24. The number of ether oxygens (including phenoxy) is 1. The van der Waals surface area contributed by atoms with Crippen LogP contribution in [0, 0.1) is 6.92 Å². The molecule has 0 saturated heterocycles. The molecule has 1 aromatic carbocycles. The van der Waals surface area contributed by atoms with E-state index in [1.807, 2.05) is 0 Å². The van der Waals surface area contributed by atoms with Gasteiger partial charge in [-0.15, -0.1) is 0 Å². The summed E-state index contributed by atoms with van der Waals surface area (Å²) in [6, 6.07) is 8.22. The Morgan fingerprint density at radius 3 is 2.20 bits per heavy atom. The number of halogens is 4. The summed E-state index contributed by atoms with van der Waals surface area (Å²) < 4.78 is 58.4. The molecule has 0 saturated carbocycles. The minimum Gasteiger partial charge on any atom is -0.335 e. The largest absolute Gasteiger partial charge is 0.458 e. The molecule has 1 heterocycles. The number of hydrogen-bond donors (Lipinski definition) is 1. The van der Waals surface area contributed by atoms with E-state index < -0.39 is 29.2 Å². The molecule has 0 aliphatic heterocycles. The van der Waals surface area contributed by atoms with E-state index in [0.29, 0.717) is 12.8 Å². The van der Waals surface area contributed by atoms with Crippen LogP contribution in [-0.2, 0) is 16.6 Å². The summed E-state index contributed by atoms with van der Waals surface area (Å²) in [4.78, 5) is 24.3. The number of nitrogens with zero attached hydrogens (tertiary/aromatic N) is 2. The summed E-state index contributed by atoms with van der Waals surface area (Å²) in [5.74, 6) is -6.70. The fraction of sp³-hybridized carbons (Fsp3) is 0.333. The summed E-state index contributed by atoms with van der Waals surface area (Å²) in [6.45, 7) is 1.40. The Balaban J connectivity index is 2.49. The standard InChI is InChI=1S/C15H15F4N3O3/c1-9-11(20-13(24)14(16,25-3)15(17,18)19)12(23)22(21(9)2)10-7-5-4-6-8-10/h4-8H,1-3H3,(H,20,24)/t14-/m0/s1. The molecule has 0 aliphatic rings. The van der Waals surface area contributed by atoms with Gasteiger partial charge in [-0.1, -0.05) is 18.2 Å². The SMILES string of the molecule is CO[C@@](F)(C(=O)Nc1c(C)n(C)n(-c2ccccc2)c1=O)C(F)(F)F. The molecular formula is C15H15F4N3O3. The van der Waals surface area contributed by atoms with Gasteiger partial charge in [0.15, 0.2) is 0 Å². The summed E-state index contributed by atoms with van der Waals surface area (Å²) in [6.07, 6.45) is -5.60. The average molecular weight is 361 g/mol. The maximum atomic E-state index is 13.9. The second kappa shape index (κ2) is 6.36. The van der Waals surface area contributed by atoms with Gasteiger partial charge in [0.1, 0.15) is 5.69 Å². The van der Waals surface area contributed by atoms with Gasteiger partial charge in [0.05, 0.1) is 11.4 Å². The highest BCUT2D eigenvalue weighted by atomic mass is 19.4. The molecule has 0 spiro atoms. The molecule has 0 bridgehead atoms. The number of methoxy groups -OCH3 is 1. The Bertz CT molecular complexity index is 842. The number of benzene rings is 1. The molecule has 2 rings (SSSR count). The molecule has 6 nitrogen and oxygen atoms in total. The third-order valence-corrected chi connectivity index (χ3v) is 3.73. The molecule has 0 aliphatic carbocycles. The van der Waals surface area contributed by atoms with Gasteiger partial charge in [-0.3, -0.25) is 14.3 Å². The van der Waals surface area contributed by atoms with Crippen LogP contribution in [0.25, 0.3) is 5.69 Å². The molecule has 0 radical (unpaired) electrons. The Hall–Kier alpha value is -2.62. The number of aromatic nitrogens is 2. The average Bonchev–Trinajstić information content (AvgIpc) is 2.77. The Labute approximate surface area is 139 Å². The molecule has 0 unspecified atom stereocenters. The van der Waals surface area contributed by atoms with Crippen LogP contribution < -0.4 is 10.9 Å². The maximum Gasteiger partial charge on any atom is 0.458 e. The van der Waals surface area contributed by atoms with Crippen molar-refractivity contribution in [2.45, 2.75) is 19.0 Å². The van der Waals surface area contributed by atoms with Crippen LogP contribution in [-0.4, -0.2) is 34.4 Å². The van der Waals surface area contributed by atoms with E-state index in [9.17, 15) is 27.2 Å². The second-order valence-electron chi connectivity index (χ2n) is 5.19. The number of anilines is 1. The van der Waals surface area contributed by atoms with Crippen LogP contribution in [0.1, 0.15) is 5.69 Å². The molecule has 10 heteroatoms. The van der Waals surface area contributed by atoms with Gasteiger partial charge in [-0.25, -0.2) is 4.68 Å². The summed E-state index contributed by atoms with van der Waals surface area (Å²) in [5, 5.41) is 1.69. The third kappa shape index (κ3) is 3.04. The van der Waals surface area contributed by atoms with Crippen molar-refractivity contribution < 1.29 is 27.1 Å². The molecule has 1 atom stereocenters. The van der Waals surface area contributed by atoms with Crippen molar-refractivity contribution >= 4 is 11.6 Å². The van der Waals surface area contributed by atoms with Gasteiger partial charge in [-0.05, 0) is 19.1 Å². The van der Waals surface area contributed by atoms with Crippen molar-refractivity contribution in [2.75, 3.05) is 12.4 Å². The predicted octanol–water partition coefficient (Wildman–Crippen LogP) is 2.30. The molecule has 136 valence electrons. The molecule has 1 amide bonds. The number of amides is 1. The molecule has 1 aromatic heterocycles. The quantitative estimate of drug-likeness (QED) is 0.850. The first-order valence-electron chi connectivity index (χ1n) is 7.01. The first kappa shape index (κ1) is 18.7. The highest BCUT2D eigenvalue weighted by Gasteiger charge is 2.63. The summed E-state index contributed by atoms with van der Waals surface area (Å²) >= 11 is 0. The van der Waals surface area contributed by atoms with Gasteiger partial charge in [-0.2, -0.15) is 17.6 Å². The first-order chi connectivity index (χ1) is 11.5. The normalized spacial score (nSPS) is 14.2. The lowest BCUT2D eigenvalue weighted by molar-refractivity contribution is -0.305. The fourth-order valence-corrected chi connectivity index (χ4v) is 2.24. The Morgan fingerprint density at radius 1 is 1.16 bits per heavy atom. The van der Waals surface area contributed by atoms with Crippen LogP contribution in [0.3, 0.4) is 0 Å². The van der Waals surface area contributed by atoms with E-state index in [-0.39, 0.29) is 5.69 Å². The van der Waals surface area contributed by atoms with Crippen LogP contribution in [0.2, 0.25) is 0 Å². The number of hydrogen-bond acceptors (Lipinski definition) is 3. The van der Waals surface area contributed by atoms with Crippen molar-refractivity contribution in [1.29, 1.82) is 0 Å². The summed E-state index contributed by atoms with van der Waals surface area (Å²) in [7, 11) is 1.88. The smallest absolute Gasteiger partial charge is 0.335 e. The van der Waals surface area contributed by atoms with Gasteiger partial charge in [0, 0.05) is 14.2 Å². The van der Waals surface area contributed by atoms with Crippen molar-refractivity contribution in [1.82, 2.24) is 9.36 Å². The zero-order chi connectivity index (χ0) is 19.0. The number of alkyl halides is 4. The van der Waals surface area contributed by atoms with E-state index in [4.69, 9.17) is 0 Å². The van der Waals surface area contributed by atoms with Crippen molar-refractivity contribution in [3.8, 4) is 5.69 Å². The molecular weight excluding hydrogens is 346 g/mol. The third-order valence-electron chi connectivity index (χ3n) is 3.73. The van der Waals surface area contributed by atoms with Crippen molar-refractivity contribution in [2.24, 2.45) is 7.05 Å². The van der Waals surface area contributed by atoms with Crippen molar-refractivity contribution in [3.63, 3.8) is 0 Å². The van der Waals surface area contributed by atoms with Crippen LogP contribution in [0.15, 0.2) is 35.1 Å². The van der Waals surface area contributed by atoms with Crippen molar-refractivity contribution in [3.05, 3.63) is 46.4 Å². The van der Waals surface area contributed by atoms with Gasteiger partial charge < -0.3 is 10.1 Å². The molecule has 2 aromatic rings. The van der Waals surface area contributed by atoms with Crippen LogP contribution in [0.4, 0.5) is 23.2 Å². The zero-order valence-corrected chi connectivity index (χ0v) is 13.5. The van der Waals surface area contributed by atoms with E-state index in [1.54, 1.807) is 35.6 Å². The van der Waals surface area contributed by atoms with Gasteiger partial charge >= 0.3 is 12.0 Å². The van der Waals surface area contributed by atoms with E-state index in [2.05, 4.69) is 4.74 Å². The number of carbonyl (C=O) groups excluding carboxylic acids is 1. The second-order valence-corrected chi connectivity index (χ2v) is 5.19. The topological polar surface area (TPSA) is 65.3 Å². The number of nitrogens with one attached hydrogen (secondary N) is 1. The minimum absolute atomic E-state index is 0.142. The Morgan fingerprint density at radius 2 is 1.72 bits per heavy atom. The number of para-hydroxylation sites is 1. The zero-order valence-electron chi connectivity index (χ0n) is 13.5. The highest BCUT2D eigenvalue weighted by molar-refractivity contribution is 5.97. The molecule has 0 fully saturated rings. The maximum absolute atomic E-state index is 13.9. The lowest BCUT2D eigenvalue weighted by atomic mass is 10.2. The van der Waals surface area contributed by atoms with Gasteiger partial charge in [0.2, 0.25) is 0 Å². The first-order valence-corrected chi connectivity index (χ1v) is 7.01. The number of rotatable bonds is 4. The minimum atomic E-state index is -5.60. The molecule has 25 heavy (non-hydrogen) atoms. The lowest BCUT2D eigenvalue weighted by Gasteiger charge is -2.24. The highest BCUT2D eigenvalue weighted by Crippen LogP contribution is 2.35. The van der Waals surface area contributed by atoms with E-state index in [0.717, 1.165) is 4.68 Å². The molecule has 1 N–H and O–H groups in total. The summed E-state index contributed by atoms with van der Waals surface area (Å²) in [5.41, 5.74) is -0.713. The lowest BCUT2D eigenvalue weighted by Crippen LogP contribution is -2.53. The van der Waals surface area contributed by atoms with Crippen LogP contribution >= 0.6 is 0 Å². The predicted molar refractivity (Wildman–Crippen MR) is 81.3 cm³/mol. The Kier molecular flexibility index (Phi) is 4.76. The van der Waals surface area contributed by atoms with E-state index >= 15 is 0 Å². The van der Waals surface area contributed by atoms with Gasteiger partial charge in [0.25, 0.3) is 11.5 Å². The number of carbonyl (C=O) groups is 1. The monoisotopic (exact) mass is 361 g/mol.